The molecular formula is C44H50N4. The van der Waals surface area contributed by atoms with Crippen LogP contribution in [0.25, 0.3) is 22.5 Å². The minimum atomic E-state index is 0.914. The molecule has 0 fully saturated rings. The van der Waals surface area contributed by atoms with Gasteiger partial charge in [-0.2, -0.15) is 0 Å². The maximum atomic E-state index is 5.15. The first kappa shape index (κ1) is 33.2. The van der Waals surface area contributed by atoms with Gasteiger partial charge in [-0.3, -0.25) is 9.98 Å². The van der Waals surface area contributed by atoms with Crippen molar-refractivity contribution >= 4 is 22.6 Å². The first-order valence-corrected chi connectivity index (χ1v) is 17.4. The second-order valence-corrected chi connectivity index (χ2v) is 13.7. The zero-order valence-corrected chi connectivity index (χ0v) is 30.9. The van der Waals surface area contributed by atoms with Gasteiger partial charge in [0, 0.05) is 22.6 Å². The summed E-state index contributed by atoms with van der Waals surface area (Å²) in [6, 6.07) is 17.8. The van der Waals surface area contributed by atoms with Crippen molar-refractivity contribution in [2.24, 2.45) is 9.98 Å². The number of aryl methyl sites for hydroxylation is 2. The fourth-order valence-electron chi connectivity index (χ4n) is 7.37. The molecule has 0 saturated carbocycles. The molecule has 4 heterocycles. The van der Waals surface area contributed by atoms with Gasteiger partial charge in [0.05, 0.1) is 34.2 Å². The van der Waals surface area contributed by atoms with Gasteiger partial charge in [0.25, 0.3) is 0 Å². The number of aliphatic imine (C=N–C) groups is 2. The largest absolute Gasteiger partial charge is 0.353 e. The van der Waals surface area contributed by atoms with Gasteiger partial charge in [-0.05, 0) is 138 Å². The molecule has 0 atom stereocenters. The van der Waals surface area contributed by atoms with E-state index >= 15 is 0 Å². The number of nitrogens with zero attached hydrogens (tertiary/aromatic N) is 2. The van der Waals surface area contributed by atoms with Crippen molar-refractivity contribution in [1.29, 1.82) is 0 Å². The molecule has 4 aromatic rings. The molecule has 2 aliphatic heterocycles. The number of allylic oxidation sites excluding steroid dienone is 4. The molecule has 0 unspecified atom stereocenters. The van der Waals surface area contributed by atoms with Crippen molar-refractivity contribution in [3.05, 3.63) is 138 Å². The van der Waals surface area contributed by atoms with E-state index in [1.807, 2.05) is 0 Å². The number of H-pyrrole nitrogens is 2. The second-order valence-electron chi connectivity index (χ2n) is 13.7. The average molecular weight is 635 g/mol. The molecule has 48 heavy (non-hydrogen) atoms. The fraction of sp³-hybridized carbons (Fsp3) is 0.318. The van der Waals surface area contributed by atoms with Crippen molar-refractivity contribution in [3.63, 3.8) is 0 Å². The van der Waals surface area contributed by atoms with Crippen molar-refractivity contribution < 1.29 is 0 Å². The van der Waals surface area contributed by atoms with Crippen LogP contribution >= 0.6 is 0 Å². The predicted octanol–water partition coefficient (Wildman–Crippen LogP) is 11.5. The summed E-state index contributed by atoms with van der Waals surface area (Å²) in [5.74, 6) is 0. The van der Waals surface area contributed by atoms with Crippen LogP contribution < -0.4 is 0 Å². The molecule has 0 amide bonds. The normalized spacial score (nSPS) is 17.1. The Bertz CT molecular complexity index is 1990. The summed E-state index contributed by atoms with van der Waals surface area (Å²) in [6.07, 6.45) is 1.83. The molecule has 0 radical (unpaired) electrons. The molecular weight excluding hydrogens is 585 g/mol. The third-order valence-electron chi connectivity index (χ3n) is 10.8. The van der Waals surface area contributed by atoms with E-state index in [4.69, 9.17) is 9.98 Å². The summed E-state index contributed by atoms with van der Waals surface area (Å²) < 4.78 is 0. The van der Waals surface area contributed by atoms with E-state index in [1.165, 1.54) is 78.2 Å². The Morgan fingerprint density at radius 1 is 0.479 bits per heavy atom. The highest BCUT2D eigenvalue weighted by Crippen LogP contribution is 2.44. The van der Waals surface area contributed by atoms with E-state index in [-0.39, 0.29) is 0 Å². The Balaban J connectivity index is 1.64. The van der Waals surface area contributed by atoms with Crippen LogP contribution in [-0.4, -0.2) is 21.4 Å². The molecule has 0 spiro atoms. The zero-order chi connectivity index (χ0) is 34.6. The topological polar surface area (TPSA) is 56.3 Å². The van der Waals surface area contributed by atoms with Crippen LogP contribution in [0.3, 0.4) is 0 Å². The molecule has 246 valence electrons. The highest BCUT2D eigenvalue weighted by atomic mass is 14.9. The Kier molecular flexibility index (Phi) is 8.80. The summed E-state index contributed by atoms with van der Waals surface area (Å²) in [5, 5.41) is 0. The maximum absolute atomic E-state index is 5.15. The van der Waals surface area contributed by atoms with E-state index in [9.17, 15) is 0 Å². The van der Waals surface area contributed by atoms with Crippen LogP contribution in [-0.2, 0) is 12.8 Å². The quantitative estimate of drug-likeness (QED) is 0.203. The van der Waals surface area contributed by atoms with Gasteiger partial charge >= 0.3 is 0 Å². The van der Waals surface area contributed by atoms with Gasteiger partial charge in [0.2, 0.25) is 0 Å². The van der Waals surface area contributed by atoms with Crippen molar-refractivity contribution in [1.82, 2.24) is 9.97 Å². The standard InChI is InChI=1S/C44H50N4/c1-13-35-29(9)41(37(33-19-15-23(3)16-20-33)39-27(7)25(5)31(11)45-39)47-43(35)44-36(14-2)30(10)42(48-44)38(34-21-17-24(4)18-22-34)40-28(8)26(6)32(12)46-40/h15-22,47-48H,13-14H2,1-12H3/b39-37-,40-38-. The smallest absolute Gasteiger partial charge is 0.0764 e. The lowest BCUT2D eigenvalue weighted by Crippen LogP contribution is -1.97. The number of aromatic amines is 2. The molecule has 4 nitrogen and oxygen atoms in total. The van der Waals surface area contributed by atoms with E-state index in [2.05, 4.69) is 142 Å². The van der Waals surface area contributed by atoms with Crippen molar-refractivity contribution in [3.8, 4) is 11.4 Å². The molecule has 0 aliphatic carbocycles. The molecule has 2 aromatic carbocycles. The minimum Gasteiger partial charge on any atom is -0.353 e. The Morgan fingerprint density at radius 2 is 0.812 bits per heavy atom. The third kappa shape index (κ3) is 5.41. The number of hydrogen-bond donors (Lipinski definition) is 2. The zero-order valence-electron chi connectivity index (χ0n) is 30.9. The highest BCUT2D eigenvalue weighted by molar-refractivity contribution is 6.06. The van der Waals surface area contributed by atoms with E-state index in [0.29, 0.717) is 0 Å². The third-order valence-corrected chi connectivity index (χ3v) is 10.8. The lowest BCUT2D eigenvalue weighted by atomic mass is 9.92. The Hall–Kier alpha value is -4.70. The number of hydrogen-bond acceptors (Lipinski definition) is 2. The van der Waals surface area contributed by atoms with Crippen LogP contribution in [0.1, 0.15) is 111 Å². The summed E-state index contributed by atoms with van der Waals surface area (Å²) in [5.41, 5.74) is 26.3. The molecule has 0 saturated heterocycles. The van der Waals surface area contributed by atoms with E-state index in [0.717, 1.165) is 58.2 Å². The van der Waals surface area contributed by atoms with Crippen molar-refractivity contribution in [2.75, 3.05) is 0 Å². The number of rotatable bonds is 7. The van der Waals surface area contributed by atoms with Crippen LogP contribution in [0.2, 0.25) is 0 Å². The lowest BCUT2D eigenvalue weighted by molar-refractivity contribution is 1.10. The molecule has 4 heteroatoms. The first-order valence-electron chi connectivity index (χ1n) is 17.4. The predicted molar refractivity (Wildman–Crippen MR) is 206 cm³/mol. The number of benzene rings is 2. The van der Waals surface area contributed by atoms with Crippen molar-refractivity contribution in [2.45, 2.75) is 95.9 Å². The SMILES string of the molecule is CCc1c(-c2[nH]c(/C(=C3\N=C(C)C(C)=C3C)c3ccc(C)cc3)c(C)c2CC)[nH]c(/C(=C2\N=C(C)C(C)=C2C)c2ccc(C)cc2)c1C. The Morgan fingerprint density at radius 3 is 1.08 bits per heavy atom. The van der Waals surface area contributed by atoms with Gasteiger partial charge in [-0.1, -0.05) is 73.5 Å². The van der Waals surface area contributed by atoms with Gasteiger partial charge in [0.1, 0.15) is 0 Å². The molecule has 0 bridgehead atoms. The van der Waals surface area contributed by atoms with Crippen LogP contribution in [0.4, 0.5) is 0 Å². The summed E-state index contributed by atoms with van der Waals surface area (Å²) in [4.78, 5) is 18.3. The van der Waals surface area contributed by atoms with E-state index in [1.54, 1.807) is 0 Å². The average Bonchev–Trinajstić information content (AvgIpc) is 3.74. The highest BCUT2D eigenvalue weighted by Gasteiger charge is 2.29. The monoisotopic (exact) mass is 634 g/mol. The first-order chi connectivity index (χ1) is 22.9. The summed E-state index contributed by atoms with van der Waals surface area (Å²) in [6.45, 7) is 26.4. The summed E-state index contributed by atoms with van der Waals surface area (Å²) >= 11 is 0. The molecule has 2 N–H and O–H groups in total. The van der Waals surface area contributed by atoms with Crippen LogP contribution in [0.5, 0.6) is 0 Å². The number of nitrogens with one attached hydrogen (secondary N) is 2. The van der Waals surface area contributed by atoms with Gasteiger partial charge in [-0.25, -0.2) is 0 Å². The molecule has 2 aromatic heterocycles. The van der Waals surface area contributed by atoms with Gasteiger partial charge in [-0.15, -0.1) is 0 Å². The second kappa shape index (κ2) is 12.7. The Labute approximate surface area is 287 Å². The maximum Gasteiger partial charge on any atom is 0.0764 e. The molecule has 2 aliphatic rings. The summed E-state index contributed by atoms with van der Waals surface area (Å²) in [7, 11) is 0. The number of aromatic nitrogens is 2. The van der Waals surface area contributed by atoms with Gasteiger partial charge in [0.15, 0.2) is 0 Å². The van der Waals surface area contributed by atoms with Gasteiger partial charge < -0.3 is 9.97 Å². The fourth-order valence-corrected chi connectivity index (χ4v) is 7.37. The lowest BCUT2D eigenvalue weighted by Gasteiger charge is -2.13. The molecule has 6 rings (SSSR count). The van der Waals surface area contributed by atoms with E-state index < -0.39 is 0 Å². The van der Waals surface area contributed by atoms with Crippen LogP contribution in [0, 0.1) is 27.7 Å². The van der Waals surface area contributed by atoms with Crippen LogP contribution in [0.15, 0.2) is 92.2 Å². The minimum absolute atomic E-state index is 0.914.